The zero-order chi connectivity index (χ0) is 13.1. The van der Waals surface area contributed by atoms with Gasteiger partial charge in [0.2, 0.25) is 0 Å². The van der Waals surface area contributed by atoms with Crippen LogP contribution in [-0.2, 0) is 17.4 Å². The Balaban J connectivity index is 3.18. The lowest BCUT2D eigenvalue weighted by molar-refractivity contribution is -0.138. The lowest BCUT2D eigenvalue weighted by atomic mass is 10.0. The number of hydrogen-bond acceptors (Lipinski definition) is 1. The van der Waals surface area contributed by atoms with Crippen molar-refractivity contribution in [2.45, 2.75) is 19.5 Å². The van der Waals surface area contributed by atoms with Crippen molar-refractivity contribution in [3.05, 3.63) is 41.0 Å². The summed E-state index contributed by atoms with van der Waals surface area (Å²) in [4.78, 5) is 10.3. The molecule has 0 aliphatic rings. The Bertz CT molecular complexity index is 448. The van der Waals surface area contributed by atoms with E-state index >= 15 is 0 Å². The van der Waals surface area contributed by atoms with Gasteiger partial charge in [-0.25, -0.2) is 4.79 Å². The van der Waals surface area contributed by atoms with E-state index in [9.17, 15) is 18.0 Å². The number of carbonyl (C=O) groups is 1. The van der Waals surface area contributed by atoms with Gasteiger partial charge in [-0.05, 0) is 29.7 Å². The molecule has 0 aliphatic carbocycles. The van der Waals surface area contributed by atoms with Crippen LogP contribution in [0.2, 0.25) is 0 Å². The van der Waals surface area contributed by atoms with Crippen molar-refractivity contribution >= 4 is 12.0 Å². The Kier molecular flexibility index (Phi) is 3.93. The van der Waals surface area contributed by atoms with Crippen LogP contribution in [0.1, 0.15) is 23.6 Å². The molecular weight excluding hydrogens is 233 g/mol. The number of hydrogen-bond donors (Lipinski definition) is 1. The lowest BCUT2D eigenvalue weighted by Gasteiger charge is -2.12. The van der Waals surface area contributed by atoms with Crippen molar-refractivity contribution in [2.75, 3.05) is 0 Å². The summed E-state index contributed by atoms with van der Waals surface area (Å²) < 4.78 is 38.0. The van der Waals surface area contributed by atoms with E-state index in [4.69, 9.17) is 5.11 Å². The smallest absolute Gasteiger partial charge is 0.416 e. The predicted octanol–water partition coefficient (Wildman–Crippen LogP) is 3.37. The Morgan fingerprint density at radius 2 is 2.06 bits per heavy atom. The molecule has 0 radical (unpaired) electrons. The Labute approximate surface area is 96.4 Å². The van der Waals surface area contributed by atoms with Crippen LogP contribution in [-0.4, -0.2) is 11.1 Å². The first-order chi connectivity index (χ1) is 7.84. The minimum Gasteiger partial charge on any atom is -0.478 e. The number of halogens is 3. The molecule has 0 unspecified atom stereocenters. The summed E-state index contributed by atoms with van der Waals surface area (Å²) in [5.41, 5.74) is -0.297. The van der Waals surface area contributed by atoms with Crippen molar-refractivity contribution in [1.29, 1.82) is 0 Å². The number of carboxylic acid groups (broad SMARTS) is 1. The molecule has 1 N–H and O–H groups in total. The van der Waals surface area contributed by atoms with Crippen LogP contribution in [0.5, 0.6) is 0 Å². The van der Waals surface area contributed by atoms with Crippen LogP contribution in [0.25, 0.3) is 6.08 Å². The number of aryl methyl sites for hydroxylation is 1. The van der Waals surface area contributed by atoms with Gasteiger partial charge in [0, 0.05) is 6.08 Å². The van der Waals surface area contributed by atoms with Gasteiger partial charge in [-0.2, -0.15) is 13.2 Å². The normalized spacial score (nSPS) is 12.0. The highest BCUT2D eigenvalue weighted by Gasteiger charge is 2.32. The zero-order valence-electron chi connectivity index (χ0n) is 9.08. The Hall–Kier alpha value is -1.78. The molecule has 0 amide bonds. The highest BCUT2D eigenvalue weighted by Crippen LogP contribution is 2.33. The lowest BCUT2D eigenvalue weighted by Crippen LogP contribution is -2.09. The topological polar surface area (TPSA) is 37.3 Å². The van der Waals surface area contributed by atoms with Gasteiger partial charge in [-0.15, -0.1) is 0 Å². The maximum absolute atomic E-state index is 12.7. The third kappa shape index (κ3) is 3.62. The predicted molar refractivity (Wildman–Crippen MR) is 57.5 cm³/mol. The summed E-state index contributed by atoms with van der Waals surface area (Å²) in [7, 11) is 0. The fourth-order valence-corrected chi connectivity index (χ4v) is 1.44. The molecule has 0 saturated heterocycles. The molecule has 1 rings (SSSR count). The summed E-state index contributed by atoms with van der Waals surface area (Å²) >= 11 is 0. The maximum atomic E-state index is 12.7. The molecule has 0 aromatic heterocycles. The summed E-state index contributed by atoms with van der Waals surface area (Å²) in [5, 5.41) is 8.40. The standard InChI is InChI=1S/C12H11F3O2/c1-2-9-5-3-8(4-6-11(16)17)7-10(9)12(13,14)15/h3-7H,2H2,1H3,(H,16,17)/b6-4+. The molecule has 1 aromatic rings. The van der Waals surface area contributed by atoms with E-state index < -0.39 is 17.7 Å². The van der Waals surface area contributed by atoms with Gasteiger partial charge >= 0.3 is 12.1 Å². The van der Waals surface area contributed by atoms with Gasteiger partial charge in [0.15, 0.2) is 0 Å². The van der Waals surface area contributed by atoms with Crippen molar-refractivity contribution in [1.82, 2.24) is 0 Å². The summed E-state index contributed by atoms with van der Waals surface area (Å²) in [6, 6.07) is 3.79. The molecule has 2 nitrogen and oxygen atoms in total. The first-order valence-electron chi connectivity index (χ1n) is 4.95. The van der Waals surface area contributed by atoms with Gasteiger partial charge < -0.3 is 5.11 Å². The largest absolute Gasteiger partial charge is 0.478 e. The SMILES string of the molecule is CCc1ccc(/C=C/C(=O)O)cc1C(F)(F)F. The van der Waals surface area contributed by atoms with Gasteiger partial charge in [0.1, 0.15) is 0 Å². The number of alkyl halides is 3. The number of carboxylic acids is 1. The molecule has 0 saturated carbocycles. The minimum absolute atomic E-state index is 0.199. The van der Waals surface area contributed by atoms with Crippen molar-refractivity contribution < 1.29 is 23.1 Å². The average molecular weight is 244 g/mol. The molecule has 17 heavy (non-hydrogen) atoms. The second-order valence-electron chi connectivity index (χ2n) is 3.44. The van der Waals surface area contributed by atoms with Gasteiger partial charge in [0.05, 0.1) is 5.56 Å². The monoisotopic (exact) mass is 244 g/mol. The quantitative estimate of drug-likeness (QED) is 0.828. The molecule has 0 bridgehead atoms. The molecule has 0 heterocycles. The van der Waals surface area contributed by atoms with E-state index in [2.05, 4.69) is 0 Å². The molecule has 1 aromatic carbocycles. The van der Waals surface area contributed by atoms with Crippen LogP contribution < -0.4 is 0 Å². The third-order valence-electron chi connectivity index (χ3n) is 2.24. The van der Waals surface area contributed by atoms with E-state index in [1.165, 1.54) is 12.1 Å². The first kappa shape index (κ1) is 13.3. The maximum Gasteiger partial charge on any atom is 0.416 e. The average Bonchev–Trinajstić information content (AvgIpc) is 2.24. The highest BCUT2D eigenvalue weighted by atomic mass is 19.4. The van der Waals surface area contributed by atoms with Crippen molar-refractivity contribution in [3.63, 3.8) is 0 Å². The number of aliphatic carboxylic acids is 1. The molecule has 5 heteroatoms. The number of rotatable bonds is 3. The number of benzene rings is 1. The zero-order valence-corrected chi connectivity index (χ0v) is 9.08. The summed E-state index contributed by atoms with van der Waals surface area (Å²) in [5.74, 6) is -1.20. The van der Waals surface area contributed by atoms with E-state index in [-0.39, 0.29) is 17.5 Å². The van der Waals surface area contributed by atoms with E-state index in [1.807, 2.05) is 0 Å². The van der Waals surface area contributed by atoms with Crippen LogP contribution in [0.3, 0.4) is 0 Å². The van der Waals surface area contributed by atoms with Crippen LogP contribution in [0.15, 0.2) is 24.3 Å². The van der Waals surface area contributed by atoms with Crippen LogP contribution >= 0.6 is 0 Å². The summed E-state index contributed by atoms with van der Waals surface area (Å²) in [6.07, 6.45) is -2.20. The molecule has 0 aliphatic heterocycles. The van der Waals surface area contributed by atoms with Crippen LogP contribution in [0.4, 0.5) is 13.2 Å². The molecular formula is C12H11F3O2. The molecule has 0 atom stereocenters. The second-order valence-corrected chi connectivity index (χ2v) is 3.44. The fourth-order valence-electron chi connectivity index (χ4n) is 1.44. The van der Waals surface area contributed by atoms with E-state index in [1.54, 1.807) is 6.92 Å². The van der Waals surface area contributed by atoms with Crippen LogP contribution in [0, 0.1) is 0 Å². The third-order valence-corrected chi connectivity index (χ3v) is 2.24. The summed E-state index contributed by atoms with van der Waals surface area (Å²) in [6.45, 7) is 1.64. The molecule has 0 spiro atoms. The van der Waals surface area contributed by atoms with Crippen molar-refractivity contribution in [3.8, 4) is 0 Å². The minimum atomic E-state index is -4.42. The van der Waals surface area contributed by atoms with E-state index in [0.717, 1.165) is 18.2 Å². The second kappa shape index (κ2) is 5.03. The molecule has 0 fully saturated rings. The molecule has 92 valence electrons. The Morgan fingerprint density at radius 1 is 1.41 bits per heavy atom. The van der Waals surface area contributed by atoms with Gasteiger partial charge in [-0.1, -0.05) is 19.1 Å². The van der Waals surface area contributed by atoms with E-state index in [0.29, 0.717) is 0 Å². The Morgan fingerprint density at radius 3 is 2.53 bits per heavy atom. The van der Waals surface area contributed by atoms with Crippen molar-refractivity contribution in [2.24, 2.45) is 0 Å². The fraction of sp³-hybridized carbons (Fsp3) is 0.250. The highest BCUT2D eigenvalue weighted by molar-refractivity contribution is 5.85. The first-order valence-corrected chi connectivity index (χ1v) is 4.95. The van der Waals surface area contributed by atoms with Gasteiger partial charge in [0.25, 0.3) is 0 Å². The van der Waals surface area contributed by atoms with Gasteiger partial charge in [-0.3, -0.25) is 0 Å².